The average Bonchev–Trinajstić information content (AvgIpc) is 2.72. The highest BCUT2D eigenvalue weighted by Crippen LogP contribution is 2.42. The molecule has 2 aromatic rings. The number of ether oxygens (including phenoxy) is 3. The van der Waals surface area contributed by atoms with Gasteiger partial charge in [0, 0.05) is 5.70 Å². The van der Waals surface area contributed by atoms with Gasteiger partial charge in [0.15, 0.2) is 16.7 Å². The molecule has 3 rings (SSSR count). The van der Waals surface area contributed by atoms with Crippen LogP contribution in [0.15, 0.2) is 39.4 Å². The SMILES string of the molecule is CCOC(=O)C1=C(C)Nc2nc(SCC)[nH]c(=O)c2C1c1ccc(OC)c(OC)c1. The summed E-state index contributed by atoms with van der Waals surface area (Å²) in [7, 11) is 3.08. The molecule has 160 valence electrons. The largest absolute Gasteiger partial charge is 0.493 e. The van der Waals surface area contributed by atoms with Gasteiger partial charge in [-0.3, -0.25) is 4.79 Å². The predicted molar refractivity (Wildman–Crippen MR) is 116 cm³/mol. The Kier molecular flexibility index (Phi) is 6.71. The second-order valence-corrected chi connectivity index (χ2v) is 7.75. The van der Waals surface area contributed by atoms with Crippen LogP contribution in [0.3, 0.4) is 0 Å². The molecule has 1 aliphatic heterocycles. The number of nitrogens with zero attached hydrogens (tertiary/aromatic N) is 1. The lowest BCUT2D eigenvalue weighted by Gasteiger charge is -2.29. The fourth-order valence-corrected chi connectivity index (χ4v) is 4.08. The van der Waals surface area contributed by atoms with Crippen molar-refractivity contribution >= 4 is 23.5 Å². The molecule has 2 heterocycles. The van der Waals surface area contributed by atoms with E-state index in [0.717, 1.165) is 5.75 Å². The van der Waals surface area contributed by atoms with Gasteiger partial charge in [0.2, 0.25) is 0 Å². The third-order valence-electron chi connectivity index (χ3n) is 4.74. The smallest absolute Gasteiger partial charge is 0.336 e. The van der Waals surface area contributed by atoms with Crippen LogP contribution < -0.4 is 20.3 Å². The van der Waals surface area contributed by atoms with Crippen LogP contribution in [0.1, 0.15) is 37.8 Å². The number of carbonyl (C=O) groups excluding carboxylic acids is 1. The number of anilines is 1. The number of aromatic nitrogens is 2. The average molecular weight is 432 g/mol. The van der Waals surface area contributed by atoms with Crippen LogP contribution in [-0.2, 0) is 9.53 Å². The number of fused-ring (bicyclic) bond motifs is 1. The summed E-state index contributed by atoms with van der Waals surface area (Å²) in [4.78, 5) is 33.3. The Bertz CT molecular complexity index is 1050. The Morgan fingerprint density at radius 3 is 2.57 bits per heavy atom. The van der Waals surface area contributed by atoms with Crippen molar-refractivity contribution in [2.75, 3.05) is 31.9 Å². The van der Waals surface area contributed by atoms with Crippen LogP contribution in [-0.4, -0.2) is 42.5 Å². The van der Waals surface area contributed by atoms with Crippen molar-refractivity contribution in [3.63, 3.8) is 0 Å². The summed E-state index contributed by atoms with van der Waals surface area (Å²) in [6.07, 6.45) is 0. The minimum Gasteiger partial charge on any atom is -0.493 e. The number of thioether (sulfide) groups is 1. The van der Waals surface area contributed by atoms with Crippen molar-refractivity contribution in [2.24, 2.45) is 0 Å². The molecule has 0 spiro atoms. The zero-order valence-electron chi connectivity index (χ0n) is 17.6. The predicted octanol–water partition coefficient (Wildman–Crippen LogP) is 3.29. The number of rotatable bonds is 7. The number of benzene rings is 1. The molecule has 1 aliphatic rings. The van der Waals surface area contributed by atoms with Gasteiger partial charge in [-0.2, -0.15) is 0 Å². The van der Waals surface area contributed by atoms with E-state index in [0.29, 0.717) is 44.9 Å². The molecule has 1 aromatic carbocycles. The zero-order chi connectivity index (χ0) is 21.8. The van der Waals surface area contributed by atoms with E-state index in [4.69, 9.17) is 14.2 Å². The van der Waals surface area contributed by atoms with Crippen molar-refractivity contribution in [1.29, 1.82) is 0 Å². The molecule has 0 amide bonds. The molecule has 0 saturated carbocycles. The maximum Gasteiger partial charge on any atom is 0.336 e. The molecular weight excluding hydrogens is 406 g/mol. The van der Waals surface area contributed by atoms with Gasteiger partial charge < -0.3 is 24.5 Å². The van der Waals surface area contributed by atoms with Crippen LogP contribution >= 0.6 is 11.8 Å². The van der Waals surface area contributed by atoms with E-state index in [1.807, 2.05) is 13.0 Å². The van der Waals surface area contributed by atoms with Crippen LogP contribution in [0.2, 0.25) is 0 Å². The van der Waals surface area contributed by atoms with E-state index in [-0.39, 0.29) is 12.2 Å². The summed E-state index contributed by atoms with van der Waals surface area (Å²) in [5.74, 6) is 1.09. The van der Waals surface area contributed by atoms with Crippen LogP contribution in [0, 0.1) is 0 Å². The minimum absolute atomic E-state index is 0.224. The Labute approximate surface area is 179 Å². The minimum atomic E-state index is -0.669. The molecule has 30 heavy (non-hydrogen) atoms. The summed E-state index contributed by atoms with van der Waals surface area (Å²) in [5.41, 5.74) is 1.70. The van der Waals surface area contributed by atoms with E-state index < -0.39 is 11.9 Å². The first kappa shape index (κ1) is 21.8. The molecule has 1 aromatic heterocycles. The highest BCUT2D eigenvalue weighted by Gasteiger charge is 2.36. The monoisotopic (exact) mass is 431 g/mol. The lowest BCUT2D eigenvalue weighted by Crippen LogP contribution is -2.31. The number of nitrogens with one attached hydrogen (secondary N) is 2. The van der Waals surface area contributed by atoms with E-state index in [1.54, 1.807) is 33.1 Å². The summed E-state index contributed by atoms with van der Waals surface area (Å²) in [5, 5.41) is 3.64. The number of esters is 1. The van der Waals surface area contributed by atoms with Gasteiger partial charge in [-0.25, -0.2) is 9.78 Å². The van der Waals surface area contributed by atoms with Gasteiger partial charge in [-0.05, 0) is 37.3 Å². The fourth-order valence-electron chi connectivity index (χ4n) is 3.48. The third-order valence-corrected chi connectivity index (χ3v) is 5.49. The third kappa shape index (κ3) is 4.02. The maximum atomic E-state index is 13.1. The molecular formula is C21H25N3O5S. The Morgan fingerprint density at radius 1 is 1.20 bits per heavy atom. The molecule has 1 atom stereocenters. The van der Waals surface area contributed by atoms with Crippen molar-refractivity contribution < 1.29 is 19.0 Å². The van der Waals surface area contributed by atoms with Gasteiger partial charge in [-0.1, -0.05) is 24.8 Å². The van der Waals surface area contributed by atoms with Crippen LogP contribution in [0.25, 0.3) is 0 Å². The fraction of sp³-hybridized carbons (Fsp3) is 0.381. The van der Waals surface area contributed by atoms with Gasteiger partial charge in [-0.15, -0.1) is 0 Å². The van der Waals surface area contributed by atoms with Crippen molar-refractivity contribution in [3.05, 3.63) is 50.9 Å². The topological polar surface area (TPSA) is 103 Å². The number of H-pyrrole nitrogens is 1. The van der Waals surface area contributed by atoms with Gasteiger partial charge in [0.25, 0.3) is 5.56 Å². The van der Waals surface area contributed by atoms with E-state index in [1.165, 1.54) is 18.9 Å². The number of hydrogen-bond donors (Lipinski definition) is 2. The zero-order valence-corrected chi connectivity index (χ0v) is 18.4. The summed E-state index contributed by atoms with van der Waals surface area (Å²) < 4.78 is 16.0. The second-order valence-electron chi connectivity index (χ2n) is 6.50. The number of carbonyl (C=O) groups is 1. The lowest BCUT2D eigenvalue weighted by molar-refractivity contribution is -0.138. The summed E-state index contributed by atoms with van der Waals surface area (Å²) in [6, 6.07) is 5.32. The van der Waals surface area contributed by atoms with Crippen molar-refractivity contribution in [3.8, 4) is 11.5 Å². The molecule has 0 radical (unpaired) electrons. The number of methoxy groups -OCH3 is 2. The molecule has 0 bridgehead atoms. The van der Waals surface area contributed by atoms with Crippen LogP contribution in [0.5, 0.6) is 11.5 Å². The standard InChI is InChI=1S/C21H25N3O5S/c1-6-29-20(26)15-11(3)22-18-17(19(25)24-21(23-18)30-7-2)16(15)12-8-9-13(27-4)14(10-12)28-5/h8-10,16H,6-7H2,1-5H3,(H2,22,23,24,25). The molecule has 9 heteroatoms. The van der Waals surface area contributed by atoms with E-state index >= 15 is 0 Å². The first-order valence-corrected chi connectivity index (χ1v) is 10.6. The maximum absolute atomic E-state index is 13.1. The highest BCUT2D eigenvalue weighted by molar-refractivity contribution is 7.99. The second kappa shape index (κ2) is 9.25. The van der Waals surface area contributed by atoms with E-state index in [9.17, 15) is 9.59 Å². The quantitative estimate of drug-likeness (QED) is 0.391. The summed E-state index contributed by atoms with van der Waals surface area (Å²) in [6.45, 7) is 5.72. The molecule has 1 unspecified atom stereocenters. The first-order valence-electron chi connectivity index (χ1n) is 9.58. The summed E-state index contributed by atoms with van der Waals surface area (Å²) >= 11 is 1.44. The number of aromatic amines is 1. The Morgan fingerprint density at radius 2 is 1.93 bits per heavy atom. The molecule has 8 nitrogen and oxygen atoms in total. The van der Waals surface area contributed by atoms with E-state index in [2.05, 4.69) is 15.3 Å². The number of allylic oxidation sites excluding steroid dienone is 1. The van der Waals surface area contributed by atoms with Crippen molar-refractivity contribution in [1.82, 2.24) is 9.97 Å². The van der Waals surface area contributed by atoms with Gasteiger partial charge in [0.1, 0.15) is 5.82 Å². The molecule has 0 saturated heterocycles. The first-order chi connectivity index (χ1) is 14.4. The highest BCUT2D eigenvalue weighted by atomic mass is 32.2. The lowest BCUT2D eigenvalue weighted by atomic mass is 9.82. The van der Waals surface area contributed by atoms with Gasteiger partial charge in [0.05, 0.1) is 37.9 Å². The number of hydrogen-bond acceptors (Lipinski definition) is 8. The Hall–Kier alpha value is -2.94. The van der Waals surface area contributed by atoms with Crippen molar-refractivity contribution in [2.45, 2.75) is 31.8 Å². The normalized spacial score (nSPS) is 15.3. The molecule has 2 N–H and O–H groups in total. The molecule has 0 fully saturated rings. The van der Waals surface area contributed by atoms with Gasteiger partial charge >= 0.3 is 5.97 Å². The Balaban J connectivity index is 2.25. The molecule has 0 aliphatic carbocycles. The van der Waals surface area contributed by atoms with Crippen LogP contribution in [0.4, 0.5) is 5.82 Å².